The zero-order valence-corrected chi connectivity index (χ0v) is 22.1. The number of carbonyl (C=O) groups is 2. The molecule has 9 heteroatoms. The summed E-state index contributed by atoms with van der Waals surface area (Å²) in [6.07, 6.45) is 0.341. The van der Waals surface area contributed by atoms with Crippen molar-refractivity contribution in [3.8, 4) is 0 Å². The van der Waals surface area contributed by atoms with E-state index in [9.17, 15) is 9.59 Å². The number of aryl methyl sites for hydroxylation is 1. The maximum absolute atomic E-state index is 12.5. The van der Waals surface area contributed by atoms with Gasteiger partial charge in [0.05, 0.1) is 13.1 Å². The van der Waals surface area contributed by atoms with Crippen molar-refractivity contribution >= 4 is 45.1 Å². The molecule has 3 aromatic rings. The molecule has 1 aromatic heterocycles. The van der Waals surface area contributed by atoms with Crippen LogP contribution in [0.4, 0.5) is 22.0 Å². The first-order valence-electron chi connectivity index (χ1n) is 12.6. The van der Waals surface area contributed by atoms with Crippen LogP contribution in [0.15, 0.2) is 77.4 Å². The third kappa shape index (κ3) is 6.40. The molecule has 192 valence electrons. The summed E-state index contributed by atoms with van der Waals surface area (Å²) in [5.74, 6) is 0.942. The Bertz CT molecular complexity index is 1220. The number of ether oxygens (including phenoxy) is 1. The fraction of sp³-hybridized carbons (Fsp3) is 0.321. The van der Waals surface area contributed by atoms with Gasteiger partial charge < -0.3 is 19.9 Å². The number of pyridine rings is 1. The predicted octanol–water partition coefficient (Wildman–Crippen LogP) is 4.24. The largest absolute Gasteiger partial charge is 0.442 e. The van der Waals surface area contributed by atoms with Crippen LogP contribution >= 0.6 is 15.9 Å². The highest BCUT2D eigenvalue weighted by molar-refractivity contribution is 9.10. The summed E-state index contributed by atoms with van der Waals surface area (Å²) < 4.78 is 6.34. The van der Waals surface area contributed by atoms with Crippen LogP contribution in [0.2, 0.25) is 0 Å². The highest BCUT2D eigenvalue weighted by Gasteiger charge is 2.32. The quantitative estimate of drug-likeness (QED) is 0.413. The third-order valence-corrected chi connectivity index (χ3v) is 7.16. The predicted molar refractivity (Wildman–Crippen MR) is 148 cm³/mol. The normalized spacial score (nSPS) is 17.6. The molecule has 2 aromatic carbocycles. The van der Waals surface area contributed by atoms with Gasteiger partial charge in [0.25, 0.3) is 0 Å². The Hall–Kier alpha value is -3.59. The topological polar surface area (TPSA) is 78.0 Å². The van der Waals surface area contributed by atoms with E-state index in [4.69, 9.17) is 4.74 Å². The van der Waals surface area contributed by atoms with Crippen molar-refractivity contribution in [2.45, 2.75) is 18.9 Å². The number of carbonyl (C=O) groups excluding carboxylic acids is 2. The second-order valence-electron chi connectivity index (χ2n) is 9.22. The standard InChI is InChI=1S/C28H30BrN5O3/c29-25-7-4-8-26(31-25)33-17-15-32(16-18-33)22-10-12-23(13-11-22)34-20-24(37-28(34)36)19-30-27(35)14-9-21-5-2-1-3-6-21/h1-8,10-13,24H,9,14-20H2,(H,30,35)/t24-/m0/s1. The van der Waals surface area contributed by atoms with Gasteiger partial charge in [0.2, 0.25) is 5.91 Å². The first-order chi connectivity index (χ1) is 18.0. The fourth-order valence-electron chi connectivity index (χ4n) is 4.67. The van der Waals surface area contributed by atoms with Gasteiger partial charge in [0.1, 0.15) is 16.5 Å². The third-order valence-electron chi connectivity index (χ3n) is 6.72. The number of nitrogens with one attached hydrogen (secondary N) is 1. The first-order valence-corrected chi connectivity index (χ1v) is 13.4. The minimum atomic E-state index is -0.383. The number of halogens is 1. The number of benzene rings is 2. The van der Waals surface area contributed by atoms with Crippen molar-refractivity contribution < 1.29 is 14.3 Å². The number of hydrogen-bond acceptors (Lipinski definition) is 6. The SMILES string of the molecule is O=C(CCc1ccccc1)NC[C@H]1CN(c2ccc(N3CCN(c4cccc(Br)n4)CC3)cc2)C(=O)O1. The Morgan fingerprint density at radius 2 is 1.62 bits per heavy atom. The molecular formula is C28H30BrN5O3. The summed E-state index contributed by atoms with van der Waals surface area (Å²) in [4.78, 5) is 35.5. The van der Waals surface area contributed by atoms with E-state index in [1.54, 1.807) is 4.90 Å². The lowest BCUT2D eigenvalue weighted by Gasteiger charge is -2.36. The van der Waals surface area contributed by atoms with Crippen LogP contribution in [0, 0.1) is 0 Å². The second kappa shape index (κ2) is 11.6. The van der Waals surface area contributed by atoms with Crippen LogP contribution < -0.4 is 20.0 Å². The molecule has 2 fully saturated rings. The molecule has 2 aliphatic heterocycles. The molecule has 0 aliphatic carbocycles. The van der Waals surface area contributed by atoms with Crippen molar-refractivity contribution in [2.75, 3.05) is 54.0 Å². The van der Waals surface area contributed by atoms with E-state index in [1.165, 1.54) is 0 Å². The van der Waals surface area contributed by atoms with Crippen LogP contribution in [0.3, 0.4) is 0 Å². The number of rotatable bonds is 8. The van der Waals surface area contributed by atoms with Crippen LogP contribution in [-0.4, -0.2) is 62.4 Å². The molecule has 0 unspecified atom stereocenters. The zero-order chi connectivity index (χ0) is 25.6. The number of anilines is 3. The van der Waals surface area contributed by atoms with Gasteiger partial charge in [-0.25, -0.2) is 9.78 Å². The molecular weight excluding hydrogens is 534 g/mol. The second-order valence-corrected chi connectivity index (χ2v) is 10.0. The van der Waals surface area contributed by atoms with Crippen molar-refractivity contribution in [3.63, 3.8) is 0 Å². The monoisotopic (exact) mass is 563 g/mol. The van der Waals surface area contributed by atoms with Crippen LogP contribution in [0.25, 0.3) is 0 Å². The van der Waals surface area contributed by atoms with E-state index in [-0.39, 0.29) is 18.1 Å². The van der Waals surface area contributed by atoms with Gasteiger partial charge in [0.15, 0.2) is 0 Å². The lowest BCUT2D eigenvalue weighted by molar-refractivity contribution is -0.121. The fourth-order valence-corrected chi connectivity index (χ4v) is 5.00. The lowest BCUT2D eigenvalue weighted by Crippen LogP contribution is -2.46. The van der Waals surface area contributed by atoms with Crippen molar-refractivity contribution in [2.24, 2.45) is 0 Å². The molecule has 2 saturated heterocycles. The average Bonchev–Trinajstić information content (AvgIpc) is 3.32. The minimum absolute atomic E-state index is 0.0431. The Kier molecular flexibility index (Phi) is 7.89. The van der Waals surface area contributed by atoms with Gasteiger partial charge in [-0.2, -0.15) is 0 Å². The molecule has 2 aliphatic rings. The average molecular weight is 564 g/mol. The number of nitrogens with zero attached hydrogens (tertiary/aromatic N) is 4. The summed E-state index contributed by atoms with van der Waals surface area (Å²) in [6.45, 7) is 4.29. The van der Waals surface area contributed by atoms with E-state index in [2.05, 4.69) is 36.0 Å². The van der Waals surface area contributed by atoms with Gasteiger partial charge in [-0.3, -0.25) is 9.69 Å². The molecule has 0 bridgehead atoms. The first kappa shape index (κ1) is 25.1. The molecule has 1 N–H and O–H groups in total. The molecule has 2 amide bonds. The van der Waals surface area contributed by atoms with E-state index in [0.717, 1.165) is 53.5 Å². The molecule has 0 spiro atoms. The van der Waals surface area contributed by atoms with Gasteiger partial charge in [-0.15, -0.1) is 0 Å². The molecule has 3 heterocycles. The van der Waals surface area contributed by atoms with Crippen LogP contribution in [0.1, 0.15) is 12.0 Å². The van der Waals surface area contributed by atoms with Gasteiger partial charge in [0, 0.05) is 44.0 Å². The number of piperazine rings is 1. The molecule has 5 rings (SSSR count). The number of amides is 2. The maximum atomic E-state index is 12.5. The van der Waals surface area contributed by atoms with Gasteiger partial charge in [-0.05, 0) is 64.3 Å². The Labute approximate surface area is 225 Å². The summed E-state index contributed by atoms with van der Waals surface area (Å²) in [7, 11) is 0. The highest BCUT2D eigenvalue weighted by atomic mass is 79.9. The minimum Gasteiger partial charge on any atom is -0.442 e. The summed E-state index contributed by atoms with van der Waals surface area (Å²) in [6, 6.07) is 23.9. The Morgan fingerprint density at radius 1 is 0.919 bits per heavy atom. The summed E-state index contributed by atoms with van der Waals surface area (Å²) in [5.41, 5.74) is 3.05. The molecule has 37 heavy (non-hydrogen) atoms. The Balaban J connectivity index is 1.09. The summed E-state index contributed by atoms with van der Waals surface area (Å²) >= 11 is 3.45. The number of cyclic esters (lactones) is 1. The number of hydrogen-bond donors (Lipinski definition) is 1. The molecule has 8 nitrogen and oxygen atoms in total. The van der Waals surface area contributed by atoms with Crippen molar-refractivity contribution in [3.05, 3.63) is 83.0 Å². The summed E-state index contributed by atoms with van der Waals surface area (Å²) in [5, 5.41) is 2.90. The smallest absolute Gasteiger partial charge is 0.414 e. The Morgan fingerprint density at radius 3 is 2.35 bits per heavy atom. The van der Waals surface area contributed by atoms with E-state index < -0.39 is 0 Å². The molecule has 0 saturated carbocycles. The molecule has 0 radical (unpaired) electrons. The van der Waals surface area contributed by atoms with Crippen LogP contribution in [0.5, 0.6) is 0 Å². The van der Waals surface area contributed by atoms with Crippen molar-refractivity contribution in [1.82, 2.24) is 10.3 Å². The van der Waals surface area contributed by atoms with Crippen LogP contribution in [-0.2, 0) is 16.0 Å². The maximum Gasteiger partial charge on any atom is 0.414 e. The van der Waals surface area contributed by atoms with Gasteiger partial charge >= 0.3 is 6.09 Å². The lowest BCUT2D eigenvalue weighted by atomic mass is 10.1. The van der Waals surface area contributed by atoms with Crippen molar-refractivity contribution in [1.29, 1.82) is 0 Å². The molecule has 1 atom stereocenters. The van der Waals surface area contributed by atoms with Gasteiger partial charge in [-0.1, -0.05) is 36.4 Å². The number of aromatic nitrogens is 1. The van der Waals surface area contributed by atoms with E-state index in [0.29, 0.717) is 25.9 Å². The zero-order valence-electron chi connectivity index (χ0n) is 20.6. The van der Waals surface area contributed by atoms with E-state index >= 15 is 0 Å². The highest BCUT2D eigenvalue weighted by Crippen LogP contribution is 2.26. The van der Waals surface area contributed by atoms with E-state index in [1.807, 2.05) is 72.8 Å².